The van der Waals surface area contributed by atoms with Crippen LogP contribution in [0.5, 0.6) is 0 Å². The number of ether oxygens (including phenoxy) is 1. The Morgan fingerprint density at radius 1 is 1.23 bits per heavy atom. The van der Waals surface area contributed by atoms with Crippen LogP contribution in [-0.2, 0) is 9.53 Å². The molecule has 0 aromatic carbocycles. The summed E-state index contributed by atoms with van der Waals surface area (Å²) >= 11 is 0. The summed E-state index contributed by atoms with van der Waals surface area (Å²) in [7, 11) is 0. The molecule has 3 heteroatoms. The molecule has 1 aliphatic carbocycles. The van der Waals surface area contributed by atoms with Crippen molar-refractivity contribution in [3.63, 3.8) is 0 Å². The summed E-state index contributed by atoms with van der Waals surface area (Å²) in [5.41, 5.74) is 0. The maximum Gasteiger partial charge on any atom is 0.223 e. The quantitative estimate of drug-likeness (QED) is 0.685. The van der Waals surface area contributed by atoms with Gasteiger partial charge in [-0.15, -0.1) is 0 Å². The van der Waals surface area contributed by atoms with Crippen molar-refractivity contribution in [3.8, 4) is 0 Å². The van der Waals surface area contributed by atoms with Crippen molar-refractivity contribution in [2.45, 2.75) is 50.4 Å². The van der Waals surface area contributed by atoms with Crippen LogP contribution >= 0.6 is 0 Å². The molecule has 0 aromatic heterocycles. The second kappa shape index (κ2) is 2.71. The highest BCUT2D eigenvalue weighted by Crippen LogP contribution is 2.35. The fraction of sp³-hybridized carbons (Fsp3) is 0.900. The normalized spacial score (nSPS) is 42.3. The number of amides is 1. The average molecular weight is 181 g/mol. The molecule has 1 N–H and O–H groups in total. The Kier molecular flexibility index (Phi) is 1.62. The standard InChI is InChI=1S/C10H15NO2/c12-10(6-1-2-6)11-8-5-7-3-4-9(8)13-7/h6-9H,1-5H2,(H,11,12). The van der Waals surface area contributed by atoms with Gasteiger partial charge in [0.1, 0.15) is 0 Å². The molecule has 3 unspecified atom stereocenters. The molecule has 0 spiro atoms. The van der Waals surface area contributed by atoms with E-state index in [1.165, 1.54) is 6.42 Å². The van der Waals surface area contributed by atoms with Crippen LogP contribution in [0.1, 0.15) is 32.1 Å². The number of nitrogens with one attached hydrogen (secondary N) is 1. The predicted octanol–water partition coefficient (Wildman–Crippen LogP) is 0.832. The Balaban J connectivity index is 1.58. The number of hydrogen-bond acceptors (Lipinski definition) is 2. The Hall–Kier alpha value is -0.570. The van der Waals surface area contributed by atoms with Gasteiger partial charge in [0, 0.05) is 5.92 Å². The van der Waals surface area contributed by atoms with Crippen molar-refractivity contribution in [2.24, 2.45) is 5.92 Å². The van der Waals surface area contributed by atoms with Crippen LogP contribution in [0, 0.1) is 5.92 Å². The lowest BCUT2D eigenvalue weighted by atomic mass is 9.95. The molecular weight excluding hydrogens is 166 g/mol. The van der Waals surface area contributed by atoms with Crippen LogP contribution in [0.2, 0.25) is 0 Å². The molecule has 0 radical (unpaired) electrons. The zero-order valence-electron chi connectivity index (χ0n) is 7.66. The van der Waals surface area contributed by atoms with E-state index in [-0.39, 0.29) is 5.91 Å². The summed E-state index contributed by atoms with van der Waals surface area (Å²) in [5, 5.41) is 3.11. The van der Waals surface area contributed by atoms with Gasteiger partial charge in [0.25, 0.3) is 0 Å². The first-order valence-corrected chi connectivity index (χ1v) is 5.29. The molecule has 13 heavy (non-hydrogen) atoms. The molecule has 2 bridgehead atoms. The molecule has 3 rings (SSSR count). The van der Waals surface area contributed by atoms with E-state index in [0.717, 1.165) is 25.7 Å². The summed E-state index contributed by atoms with van der Waals surface area (Å²) < 4.78 is 5.67. The van der Waals surface area contributed by atoms with Crippen molar-refractivity contribution in [2.75, 3.05) is 0 Å². The highest BCUT2D eigenvalue weighted by Gasteiger charge is 2.42. The van der Waals surface area contributed by atoms with Crippen molar-refractivity contribution in [1.82, 2.24) is 5.32 Å². The van der Waals surface area contributed by atoms with Gasteiger partial charge >= 0.3 is 0 Å². The monoisotopic (exact) mass is 181 g/mol. The summed E-state index contributed by atoms with van der Waals surface area (Å²) in [6.45, 7) is 0. The van der Waals surface area contributed by atoms with Crippen LogP contribution in [0.3, 0.4) is 0 Å². The predicted molar refractivity (Wildman–Crippen MR) is 47.2 cm³/mol. The van der Waals surface area contributed by atoms with Crippen molar-refractivity contribution < 1.29 is 9.53 Å². The van der Waals surface area contributed by atoms with Crippen LogP contribution in [-0.4, -0.2) is 24.2 Å². The third kappa shape index (κ3) is 1.35. The van der Waals surface area contributed by atoms with Gasteiger partial charge in [0.05, 0.1) is 18.2 Å². The van der Waals surface area contributed by atoms with Crippen LogP contribution < -0.4 is 5.32 Å². The van der Waals surface area contributed by atoms with Crippen LogP contribution in [0.15, 0.2) is 0 Å². The van der Waals surface area contributed by atoms with Gasteiger partial charge in [-0.3, -0.25) is 4.79 Å². The third-order valence-corrected chi connectivity index (χ3v) is 3.38. The number of hydrogen-bond donors (Lipinski definition) is 1. The number of rotatable bonds is 2. The summed E-state index contributed by atoms with van der Waals surface area (Å²) in [4.78, 5) is 11.5. The number of carbonyl (C=O) groups excluding carboxylic acids is 1. The first-order chi connectivity index (χ1) is 6.33. The summed E-state index contributed by atoms with van der Waals surface area (Å²) in [6.07, 6.45) is 6.33. The molecule has 3 fully saturated rings. The molecule has 0 aromatic rings. The number of fused-ring (bicyclic) bond motifs is 2. The van der Waals surface area contributed by atoms with Crippen LogP contribution in [0.25, 0.3) is 0 Å². The first kappa shape index (κ1) is 7.80. The Labute approximate surface area is 77.8 Å². The van der Waals surface area contributed by atoms with Crippen molar-refractivity contribution >= 4 is 5.91 Å². The SMILES string of the molecule is O=C(NC1CC2CCC1O2)C1CC1. The summed E-state index contributed by atoms with van der Waals surface area (Å²) in [6, 6.07) is 0.326. The minimum absolute atomic E-state index is 0.265. The molecule has 2 saturated heterocycles. The maximum absolute atomic E-state index is 11.5. The molecule has 72 valence electrons. The van der Waals surface area contributed by atoms with Gasteiger partial charge < -0.3 is 10.1 Å². The van der Waals surface area contributed by atoms with E-state index in [1.807, 2.05) is 0 Å². The largest absolute Gasteiger partial charge is 0.373 e. The third-order valence-electron chi connectivity index (χ3n) is 3.38. The van der Waals surface area contributed by atoms with Gasteiger partial charge in [-0.25, -0.2) is 0 Å². The second-order valence-electron chi connectivity index (χ2n) is 4.50. The molecule has 1 saturated carbocycles. The molecule has 3 aliphatic rings. The maximum atomic E-state index is 11.5. The zero-order valence-corrected chi connectivity index (χ0v) is 7.66. The van der Waals surface area contributed by atoms with Crippen molar-refractivity contribution in [1.29, 1.82) is 0 Å². The molecule has 1 amide bonds. The minimum Gasteiger partial charge on any atom is -0.373 e. The van der Waals surface area contributed by atoms with E-state index < -0.39 is 0 Å². The molecule has 2 aliphatic heterocycles. The van der Waals surface area contributed by atoms with Gasteiger partial charge in [-0.1, -0.05) is 0 Å². The van der Waals surface area contributed by atoms with Gasteiger partial charge in [-0.2, -0.15) is 0 Å². The van der Waals surface area contributed by atoms with E-state index in [9.17, 15) is 4.79 Å². The molecule has 2 heterocycles. The Morgan fingerprint density at radius 3 is 2.62 bits per heavy atom. The molecule has 3 atom stereocenters. The summed E-state index contributed by atoms with van der Waals surface area (Å²) in [5.74, 6) is 0.597. The van der Waals surface area contributed by atoms with E-state index >= 15 is 0 Å². The topological polar surface area (TPSA) is 38.3 Å². The smallest absolute Gasteiger partial charge is 0.223 e. The highest BCUT2D eigenvalue weighted by molar-refractivity contribution is 5.81. The Morgan fingerprint density at radius 2 is 2.08 bits per heavy atom. The average Bonchev–Trinajstić information content (AvgIpc) is 2.79. The Bertz CT molecular complexity index is 237. The van der Waals surface area contributed by atoms with Gasteiger partial charge in [0.2, 0.25) is 5.91 Å². The van der Waals surface area contributed by atoms with E-state index in [1.54, 1.807) is 0 Å². The lowest BCUT2D eigenvalue weighted by Gasteiger charge is -2.19. The van der Waals surface area contributed by atoms with Gasteiger partial charge in [-0.05, 0) is 32.1 Å². The van der Waals surface area contributed by atoms with Crippen molar-refractivity contribution in [3.05, 3.63) is 0 Å². The first-order valence-electron chi connectivity index (χ1n) is 5.29. The second-order valence-corrected chi connectivity index (χ2v) is 4.50. The van der Waals surface area contributed by atoms with E-state index in [2.05, 4.69) is 5.32 Å². The fourth-order valence-corrected chi connectivity index (χ4v) is 2.44. The molecule has 3 nitrogen and oxygen atoms in total. The van der Waals surface area contributed by atoms with Crippen LogP contribution in [0.4, 0.5) is 0 Å². The highest BCUT2D eigenvalue weighted by atomic mass is 16.5. The van der Waals surface area contributed by atoms with Gasteiger partial charge in [0.15, 0.2) is 0 Å². The lowest BCUT2D eigenvalue weighted by Crippen LogP contribution is -2.42. The number of carbonyl (C=O) groups is 1. The fourth-order valence-electron chi connectivity index (χ4n) is 2.44. The van der Waals surface area contributed by atoms with E-state index in [4.69, 9.17) is 4.74 Å². The molecular formula is C10H15NO2. The minimum atomic E-state index is 0.265. The zero-order chi connectivity index (χ0) is 8.84. The lowest BCUT2D eigenvalue weighted by molar-refractivity contribution is -0.123. The van der Waals surface area contributed by atoms with E-state index in [0.29, 0.717) is 24.2 Å².